The van der Waals surface area contributed by atoms with Gasteiger partial charge >= 0.3 is 0 Å². The van der Waals surface area contributed by atoms with Gasteiger partial charge in [-0.2, -0.15) is 0 Å². The van der Waals surface area contributed by atoms with E-state index in [-0.39, 0.29) is 5.56 Å². The van der Waals surface area contributed by atoms with Crippen molar-refractivity contribution in [1.82, 2.24) is 19.4 Å². The van der Waals surface area contributed by atoms with Gasteiger partial charge in [-0.15, -0.1) is 0 Å². The molecule has 0 fully saturated rings. The number of benzene rings is 1. The van der Waals surface area contributed by atoms with Crippen LogP contribution in [0, 0.1) is 6.92 Å². The Hall–Kier alpha value is -2.08. The number of hydrogen-bond acceptors (Lipinski definition) is 3. The highest BCUT2D eigenvalue weighted by Crippen LogP contribution is 2.24. The van der Waals surface area contributed by atoms with E-state index in [2.05, 4.69) is 31.7 Å². The molecular weight excluding hydrogens is 383 g/mol. The first-order chi connectivity index (χ1) is 13.0. The van der Waals surface area contributed by atoms with Crippen molar-refractivity contribution in [2.75, 3.05) is 6.54 Å². The Kier molecular flexibility index (Phi) is 5.08. The van der Waals surface area contributed by atoms with E-state index < -0.39 is 0 Å². The van der Waals surface area contributed by atoms with Gasteiger partial charge in [-0.3, -0.25) is 9.69 Å². The largest absolute Gasteiger partial charge is 0.346 e. The summed E-state index contributed by atoms with van der Waals surface area (Å²) in [5, 5.41) is 1.13. The number of aryl methyl sites for hydroxylation is 1. The normalized spacial score (nSPS) is 14.3. The fraction of sp³-hybridized carbons (Fsp3) is 0.300. The lowest BCUT2D eigenvalue weighted by atomic mass is 10.1. The average molecular weight is 403 g/mol. The van der Waals surface area contributed by atoms with Crippen LogP contribution in [0.4, 0.5) is 0 Å². The van der Waals surface area contributed by atoms with Gasteiger partial charge in [0.15, 0.2) is 0 Å². The molecule has 0 spiro atoms. The molecule has 0 unspecified atom stereocenters. The standard InChI is InChI=1S/C20H20Cl2N4O/c1-13-23-19-6-8-25(12-16(19)20(27)24-13)11-15-3-2-7-26(15)10-14-4-5-17(21)18(22)9-14/h2-5,7,9H,6,8,10-12H2,1H3,(H,23,24,27). The summed E-state index contributed by atoms with van der Waals surface area (Å²) in [6, 6.07) is 9.87. The van der Waals surface area contributed by atoms with E-state index in [1.54, 1.807) is 0 Å². The Labute approximate surface area is 167 Å². The third-order valence-electron chi connectivity index (χ3n) is 4.91. The van der Waals surface area contributed by atoms with Crippen LogP contribution in [0.25, 0.3) is 0 Å². The molecule has 4 rings (SSSR count). The number of aromatic nitrogens is 3. The van der Waals surface area contributed by atoms with E-state index in [1.165, 1.54) is 5.69 Å². The summed E-state index contributed by atoms with van der Waals surface area (Å²) in [4.78, 5) is 21.8. The molecule has 2 aromatic heterocycles. The van der Waals surface area contributed by atoms with Crippen LogP contribution in [0.1, 0.15) is 28.3 Å². The van der Waals surface area contributed by atoms with Gasteiger partial charge in [0.25, 0.3) is 5.56 Å². The zero-order valence-electron chi connectivity index (χ0n) is 15.0. The van der Waals surface area contributed by atoms with E-state index >= 15 is 0 Å². The summed E-state index contributed by atoms with van der Waals surface area (Å²) in [5.41, 5.74) is 3.99. The highest BCUT2D eigenvalue weighted by Gasteiger charge is 2.21. The third kappa shape index (κ3) is 3.95. The molecule has 1 N–H and O–H groups in total. The molecule has 0 bridgehead atoms. The van der Waals surface area contributed by atoms with Crippen LogP contribution in [0.15, 0.2) is 41.3 Å². The van der Waals surface area contributed by atoms with Gasteiger partial charge in [-0.05, 0) is 36.8 Å². The van der Waals surface area contributed by atoms with Gasteiger partial charge in [0.05, 0.1) is 21.3 Å². The Balaban J connectivity index is 1.50. The third-order valence-corrected chi connectivity index (χ3v) is 5.65. The van der Waals surface area contributed by atoms with Crippen molar-refractivity contribution in [3.8, 4) is 0 Å². The topological polar surface area (TPSA) is 53.9 Å². The van der Waals surface area contributed by atoms with E-state index in [0.717, 1.165) is 42.9 Å². The molecular formula is C20H20Cl2N4O. The van der Waals surface area contributed by atoms with E-state index in [4.69, 9.17) is 23.2 Å². The fourth-order valence-electron chi connectivity index (χ4n) is 3.55. The van der Waals surface area contributed by atoms with Crippen LogP contribution in [-0.4, -0.2) is 26.0 Å². The Bertz CT molecular complexity index is 1040. The first-order valence-electron chi connectivity index (χ1n) is 8.88. The van der Waals surface area contributed by atoms with Crippen molar-refractivity contribution >= 4 is 23.2 Å². The molecule has 0 saturated heterocycles. The van der Waals surface area contributed by atoms with Crippen molar-refractivity contribution in [1.29, 1.82) is 0 Å². The number of halogens is 2. The number of aromatic amines is 1. The van der Waals surface area contributed by atoms with E-state index in [0.29, 0.717) is 22.4 Å². The minimum absolute atomic E-state index is 0.0200. The van der Waals surface area contributed by atoms with Gasteiger partial charge in [0.1, 0.15) is 5.82 Å². The summed E-state index contributed by atoms with van der Waals surface area (Å²) in [6.45, 7) is 4.84. The second-order valence-electron chi connectivity index (χ2n) is 6.91. The molecule has 0 atom stereocenters. The summed E-state index contributed by atoms with van der Waals surface area (Å²) < 4.78 is 2.20. The van der Waals surface area contributed by atoms with Crippen molar-refractivity contribution in [3.63, 3.8) is 0 Å². The van der Waals surface area contributed by atoms with Gasteiger partial charge in [0.2, 0.25) is 0 Å². The number of nitrogens with one attached hydrogen (secondary N) is 1. The molecule has 1 aliphatic heterocycles. The van der Waals surface area contributed by atoms with Gasteiger partial charge in [0, 0.05) is 44.5 Å². The van der Waals surface area contributed by atoms with E-state index in [9.17, 15) is 4.79 Å². The lowest BCUT2D eigenvalue weighted by Crippen LogP contribution is -2.36. The molecule has 3 heterocycles. The van der Waals surface area contributed by atoms with Crippen molar-refractivity contribution in [2.45, 2.75) is 33.0 Å². The van der Waals surface area contributed by atoms with Crippen molar-refractivity contribution < 1.29 is 0 Å². The average Bonchev–Trinajstić information content (AvgIpc) is 3.05. The summed E-state index contributed by atoms with van der Waals surface area (Å²) in [6.07, 6.45) is 2.86. The van der Waals surface area contributed by atoms with Gasteiger partial charge in [-0.1, -0.05) is 29.3 Å². The Morgan fingerprint density at radius 1 is 1.19 bits per heavy atom. The first-order valence-corrected chi connectivity index (χ1v) is 9.64. The fourth-order valence-corrected chi connectivity index (χ4v) is 3.87. The molecule has 0 radical (unpaired) electrons. The smallest absolute Gasteiger partial charge is 0.255 e. The second kappa shape index (κ2) is 7.50. The molecule has 0 saturated carbocycles. The van der Waals surface area contributed by atoms with E-state index in [1.807, 2.05) is 31.2 Å². The number of nitrogens with zero attached hydrogens (tertiary/aromatic N) is 3. The Morgan fingerprint density at radius 3 is 2.85 bits per heavy atom. The first kappa shape index (κ1) is 18.3. The predicted molar refractivity (Wildman–Crippen MR) is 107 cm³/mol. The molecule has 140 valence electrons. The van der Waals surface area contributed by atoms with Crippen LogP contribution in [0.5, 0.6) is 0 Å². The molecule has 7 heteroatoms. The van der Waals surface area contributed by atoms with Gasteiger partial charge < -0.3 is 9.55 Å². The van der Waals surface area contributed by atoms with Crippen molar-refractivity contribution in [3.05, 3.63) is 85.3 Å². The second-order valence-corrected chi connectivity index (χ2v) is 7.73. The minimum Gasteiger partial charge on any atom is -0.346 e. The molecule has 0 amide bonds. The van der Waals surface area contributed by atoms with Crippen LogP contribution in [0.3, 0.4) is 0 Å². The Morgan fingerprint density at radius 2 is 2.04 bits per heavy atom. The molecule has 5 nitrogen and oxygen atoms in total. The highest BCUT2D eigenvalue weighted by molar-refractivity contribution is 6.42. The quantitative estimate of drug-likeness (QED) is 0.721. The minimum atomic E-state index is -0.0200. The van der Waals surface area contributed by atoms with Crippen LogP contribution >= 0.6 is 23.2 Å². The molecule has 0 aliphatic carbocycles. The zero-order chi connectivity index (χ0) is 19.0. The number of rotatable bonds is 4. The summed E-state index contributed by atoms with van der Waals surface area (Å²) >= 11 is 12.1. The lowest BCUT2D eigenvalue weighted by Gasteiger charge is -2.28. The van der Waals surface area contributed by atoms with Gasteiger partial charge in [-0.25, -0.2) is 4.98 Å². The van der Waals surface area contributed by atoms with Crippen molar-refractivity contribution in [2.24, 2.45) is 0 Å². The predicted octanol–water partition coefficient (Wildman–Crippen LogP) is 3.79. The molecule has 1 aliphatic rings. The molecule has 3 aromatic rings. The van der Waals surface area contributed by atoms with Crippen LogP contribution < -0.4 is 5.56 Å². The highest BCUT2D eigenvalue weighted by atomic mass is 35.5. The number of hydrogen-bond donors (Lipinski definition) is 1. The zero-order valence-corrected chi connectivity index (χ0v) is 16.5. The molecule has 1 aromatic carbocycles. The maximum atomic E-state index is 12.2. The van der Waals surface area contributed by atoms with Crippen LogP contribution in [-0.2, 0) is 26.1 Å². The maximum absolute atomic E-state index is 12.2. The summed E-state index contributed by atoms with van der Waals surface area (Å²) in [5.74, 6) is 0.683. The summed E-state index contributed by atoms with van der Waals surface area (Å²) in [7, 11) is 0. The lowest BCUT2D eigenvalue weighted by molar-refractivity contribution is 0.236. The number of fused-ring (bicyclic) bond motifs is 1. The van der Waals surface area contributed by atoms with Crippen LogP contribution in [0.2, 0.25) is 10.0 Å². The molecule has 27 heavy (non-hydrogen) atoms. The number of H-pyrrole nitrogens is 1. The maximum Gasteiger partial charge on any atom is 0.255 e. The monoisotopic (exact) mass is 402 g/mol. The SMILES string of the molecule is Cc1nc2c(c(=O)[nH]1)CN(Cc1cccn1Cc1ccc(Cl)c(Cl)c1)CC2.